The number of furan rings is 1. The van der Waals surface area contributed by atoms with Crippen LogP contribution in [0.2, 0.25) is 5.02 Å². The molecule has 5 aromatic rings. The number of benzene rings is 3. The zero-order chi connectivity index (χ0) is 30.4. The van der Waals surface area contributed by atoms with E-state index in [9.17, 15) is 18.7 Å². The number of aromatic nitrogens is 2. The lowest BCUT2D eigenvalue weighted by Gasteiger charge is -2.33. The van der Waals surface area contributed by atoms with Crippen LogP contribution in [0.5, 0.6) is 5.75 Å². The highest BCUT2D eigenvalue weighted by atomic mass is 35.5. The van der Waals surface area contributed by atoms with Crippen LogP contribution in [-0.4, -0.2) is 51.3 Å². The fraction of sp³-hybridized carbons (Fsp3) is 0.333. The number of halogens is 3. The van der Waals surface area contributed by atoms with Gasteiger partial charge in [-0.15, -0.1) is 0 Å². The molecule has 2 saturated heterocycles. The molecular formula is C33H30ClF2N3O5. The zero-order valence-corrected chi connectivity index (χ0v) is 24.5. The SMILES string of the molecule is O=C(O)c1ccc2nc(CN3CCC(c4cc(F)ccc4OCc4ccc(Cl)c5cc(F)oc45)CC3)n(C[C@@H]3CCO3)c2c1. The summed E-state index contributed by atoms with van der Waals surface area (Å²) in [5, 5.41) is 10.4. The summed E-state index contributed by atoms with van der Waals surface area (Å²) in [7, 11) is 0. The van der Waals surface area contributed by atoms with Crippen LogP contribution in [-0.2, 0) is 24.4 Å². The van der Waals surface area contributed by atoms with Crippen molar-refractivity contribution in [1.82, 2.24) is 14.5 Å². The Bertz CT molecular complexity index is 1860. The van der Waals surface area contributed by atoms with E-state index in [0.717, 1.165) is 61.4 Å². The number of hydrogen-bond acceptors (Lipinski definition) is 6. The molecule has 7 rings (SSSR count). The molecule has 1 atom stereocenters. The van der Waals surface area contributed by atoms with Gasteiger partial charge < -0.3 is 23.6 Å². The third-order valence-corrected chi connectivity index (χ3v) is 9.01. The predicted octanol–water partition coefficient (Wildman–Crippen LogP) is 7.16. The van der Waals surface area contributed by atoms with Crippen LogP contribution in [0.25, 0.3) is 22.0 Å². The molecule has 0 saturated carbocycles. The molecule has 0 amide bonds. The van der Waals surface area contributed by atoms with Gasteiger partial charge in [-0.1, -0.05) is 17.7 Å². The van der Waals surface area contributed by atoms with Crippen LogP contribution >= 0.6 is 11.6 Å². The maximum absolute atomic E-state index is 14.5. The number of carbonyl (C=O) groups is 1. The molecule has 8 nitrogen and oxygen atoms in total. The third kappa shape index (κ3) is 5.65. The van der Waals surface area contributed by atoms with E-state index in [2.05, 4.69) is 9.47 Å². The van der Waals surface area contributed by atoms with Gasteiger partial charge in [0, 0.05) is 29.2 Å². The molecule has 2 aromatic heterocycles. The first-order chi connectivity index (χ1) is 21.3. The molecule has 3 aromatic carbocycles. The lowest BCUT2D eigenvalue weighted by atomic mass is 9.88. The summed E-state index contributed by atoms with van der Waals surface area (Å²) >= 11 is 6.20. The van der Waals surface area contributed by atoms with Gasteiger partial charge in [0.25, 0.3) is 6.01 Å². The summed E-state index contributed by atoms with van der Waals surface area (Å²) in [6.45, 7) is 3.62. The molecule has 2 aliphatic rings. The monoisotopic (exact) mass is 621 g/mol. The number of carboxylic acids is 1. The van der Waals surface area contributed by atoms with E-state index < -0.39 is 12.0 Å². The van der Waals surface area contributed by atoms with Crippen LogP contribution in [0.1, 0.15) is 52.5 Å². The van der Waals surface area contributed by atoms with Gasteiger partial charge in [-0.25, -0.2) is 14.2 Å². The average molecular weight is 622 g/mol. The number of likely N-dealkylation sites (tertiary alicyclic amines) is 1. The smallest absolute Gasteiger partial charge is 0.335 e. The van der Waals surface area contributed by atoms with E-state index >= 15 is 0 Å². The largest absolute Gasteiger partial charge is 0.488 e. The lowest BCUT2D eigenvalue weighted by molar-refractivity contribution is -0.0592. The maximum Gasteiger partial charge on any atom is 0.335 e. The Hall–Kier alpha value is -3.99. The van der Waals surface area contributed by atoms with Crippen LogP contribution < -0.4 is 4.74 Å². The van der Waals surface area contributed by atoms with E-state index in [1.54, 1.807) is 36.4 Å². The van der Waals surface area contributed by atoms with Gasteiger partial charge in [-0.3, -0.25) is 4.90 Å². The van der Waals surface area contributed by atoms with Crippen LogP contribution in [0.4, 0.5) is 8.78 Å². The van der Waals surface area contributed by atoms with Gasteiger partial charge in [0.05, 0.1) is 40.8 Å². The van der Waals surface area contributed by atoms with Crippen molar-refractivity contribution in [2.45, 2.75) is 51.0 Å². The second-order valence-electron chi connectivity index (χ2n) is 11.4. The minimum Gasteiger partial charge on any atom is -0.488 e. The summed E-state index contributed by atoms with van der Waals surface area (Å²) in [4.78, 5) is 18.8. The number of piperidine rings is 1. The molecule has 1 N–H and O–H groups in total. The number of carboxylic acid groups (broad SMARTS) is 1. The second-order valence-corrected chi connectivity index (χ2v) is 11.9. The average Bonchev–Trinajstić information content (AvgIpc) is 3.55. The third-order valence-electron chi connectivity index (χ3n) is 8.68. The minimum atomic E-state index is -0.972. The highest BCUT2D eigenvalue weighted by Crippen LogP contribution is 2.37. The summed E-state index contributed by atoms with van der Waals surface area (Å²) in [5.74, 6) is 0.236. The molecule has 11 heteroatoms. The molecule has 4 heterocycles. The Morgan fingerprint density at radius 3 is 2.64 bits per heavy atom. The summed E-state index contributed by atoms with van der Waals surface area (Å²) < 4.78 is 47.4. The van der Waals surface area contributed by atoms with Gasteiger partial charge in [-0.2, -0.15) is 4.39 Å². The highest BCUT2D eigenvalue weighted by Gasteiger charge is 2.27. The fourth-order valence-corrected chi connectivity index (χ4v) is 6.42. The molecule has 0 aliphatic carbocycles. The Balaban J connectivity index is 1.06. The standard InChI is InChI=1S/C33H30ClF2N3O5/c34-26-4-1-21(32-25(26)15-30(36)44-32)18-43-29-6-3-22(35)14-24(29)19-7-10-38(11-8-19)17-31-37-27-5-2-20(33(40)41)13-28(27)39(31)16-23-9-12-42-23/h1-6,13-15,19,23H,7-12,16-18H2,(H,40,41)/t23-/m0/s1. The Morgan fingerprint density at radius 1 is 1.07 bits per heavy atom. The molecular weight excluding hydrogens is 592 g/mol. The van der Waals surface area contributed by atoms with Gasteiger partial charge in [0.2, 0.25) is 0 Å². The van der Waals surface area contributed by atoms with Gasteiger partial charge in [-0.05, 0) is 80.7 Å². The van der Waals surface area contributed by atoms with Crippen molar-refractivity contribution < 1.29 is 32.6 Å². The summed E-state index contributed by atoms with van der Waals surface area (Å²) in [5.41, 5.74) is 3.56. The normalized spacial score (nSPS) is 17.8. The van der Waals surface area contributed by atoms with E-state index in [4.69, 9.17) is 30.5 Å². The van der Waals surface area contributed by atoms with Crippen LogP contribution in [0.3, 0.4) is 0 Å². The lowest BCUT2D eigenvalue weighted by Crippen LogP contribution is -2.35. The first kappa shape index (κ1) is 28.8. The Morgan fingerprint density at radius 2 is 1.89 bits per heavy atom. The van der Waals surface area contributed by atoms with Crippen molar-refractivity contribution in [2.75, 3.05) is 19.7 Å². The molecule has 0 spiro atoms. The Kier molecular flexibility index (Phi) is 7.74. The van der Waals surface area contributed by atoms with Crippen LogP contribution in [0.15, 0.2) is 59.0 Å². The molecule has 0 unspecified atom stereocenters. The number of nitrogens with zero attached hydrogens (tertiary/aromatic N) is 3. The van der Waals surface area contributed by atoms with Crippen LogP contribution in [0, 0.1) is 11.8 Å². The first-order valence-electron chi connectivity index (χ1n) is 14.7. The highest BCUT2D eigenvalue weighted by molar-refractivity contribution is 6.35. The van der Waals surface area contributed by atoms with Gasteiger partial charge in [0.1, 0.15) is 29.6 Å². The summed E-state index contributed by atoms with van der Waals surface area (Å²) in [6, 6.07) is 13.5. The molecule has 2 fully saturated rings. The molecule has 228 valence electrons. The van der Waals surface area contributed by atoms with E-state index in [1.807, 2.05) is 0 Å². The number of imidazole rings is 1. The van der Waals surface area contributed by atoms with E-state index in [-0.39, 0.29) is 30.0 Å². The van der Waals surface area contributed by atoms with Crippen molar-refractivity contribution in [3.05, 3.63) is 94.0 Å². The van der Waals surface area contributed by atoms with Crippen molar-refractivity contribution in [3.8, 4) is 5.75 Å². The number of aromatic carboxylic acids is 1. The fourth-order valence-electron chi connectivity index (χ4n) is 6.22. The number of hydrogen-bond donors (Lipinski definition) is 1. The van der Waals surface area contributed by atoms with Crippen molar-refractivity contribution >= 4 is 39.6 Å². The zero-order valence-electron chi connectivity index (χ0n) is 23.8. The van der Waals surface area contributed by atoms with Crippen molar-refractivity contribution in [2.24, 2.45) is 0 Å². The molecule has 0 radical (unpaired) electrons. The van der Waals surface area contributed by atoms with E-state index in [0.29, 0.717) is 40.4 Å². The molecule has 44 heavy (non-hydrogen) atoms. The Labute approximate surface area is 256 Å². The molecule has 0 bridgehead atoms. The van der Waals surface area contributed by atoms with Crippen molar-refractivity contribution in [3.63, 3.8) is 0 Å². The summed E-state index contributed by atoms with van der Waals surface area (Å²) in [6.07, 6.45) is 2.64. The van der Waals surface area contributed by atoms with Gasteiger partial charge in [0.15, 0.2) is 0 Å². The first-order valence-corrected chi connectivity index (χ1v) is 15.1. The number of rotatable bonds is 9. The van der Waals surface area contributed by atoms with E-state index in [1.165, 1.54) is 18.2 Å². The van der Waals surface area contributed by atoms with Crippen molar-refractivity contribution in [1.29, 1.82) is 0 Å². The number of fused-ring (bicyclic) bond motifs is 2. The quantitative estimate of drug-likeness (QED) is 0.187. The second kappa shape index (κ2) is 11.8. The minimum absolute atomic E-state index is 0.0866. The topological polar surface area (TPSA) is 90.0 Å². The maximum atomic E-state index is 14.5. The van der Waals surface area contributed by atoms with Gasteiger partial charge >= 0.3 is 5.97 Å². The molecule has 2 aliphatic heterocycles. The predicted molar refractivity (Wildman–Crippen MR) is 160 cm³/mol. The number of ether oxygens (including phenoxy) is 2.